The number of benzene rings is 2. The van der Waals surface area contributed by atoms with Crippen LogP contribution in [0.1, 0.15) is 45.4 Å². The van der Waals surface area contributed by atoms with E-state index in [1.54, 1.807) is 24.6 Å². The topological polar surface area (TPSA) is 107 Å². The van der Waals surface area contributed by atoms with Crippen LogP contribution in [0.5, 0.6) is 5.75 Å². The molecule has 0 unspecified atom stereocenters. The Morgan fingerprint density at radius 2 is 1.77 bits per heavy atom. The molecular formula is C32H31N7O3S. The highest BCUT2D eigenvalue weighted by Crippen LogP contribution is 2.39. The number of hydrazone groups is 1. The number of nitrogens with zero attached hydrogens (tertiary/aromatic N) is 6. The van der Waals surface area contributed by atoms with Gasteiger partial charge in [-0.1, -0.05) is 30.3 Å². The fourth-order valence-electron chi connectivity index (χ4n) is 4.96. The van der Waals surface area contributed by atoms with Gasteiger partial charge in [-0.15, -0.1) is 21.5 Å². The molecule has 3 aromatic heterocycles. The minimum Gasteiger partial charge on any atom is -0.497 e. The Morgan fingerprint density at radius 3 is 2.47 bits per heavy atom. The summed E-state index contributed by atoms with van der Waals surface area (Å²) in [6, 6.07) is 19.6. The number of amides is 1. The van der Waals surface area contributed by atoms with Crippen LogP contribution in [0.15, 0.2) is 78.2 Å². The number of carbonyl (C=O) groups is 1. The van der Waals surface area contributed by atoms with Gasteiger partial charge in [0.15, 0.2) is 0 Å². The summed E-state index contributed by atoms with van der Waals surface area (Å²) >= 11 is 1.66. The average molecular weight is 594 g/mol. The zero-order chi connectivity index (χ0) is 29.9. The van der Waals surface area contributed by atoms with Gasteiger partial charge in [-0.3, -0.25) is 14.3 Å². The molecule has 4 heterocycles. The first-order chi connectivity index (χ1) is 20.9. The largest absolute Gasteiger partial charge is 0.497 e. The quantitative estimate of drug-likeness (QED) is 0.230. The van der Waals surface area contributed by atoms with Gasteiger partial charge in [-0.2, -0.15) is 5.10 Å². The molecule has 1 aliphatic rings. The molecule has 2 aromatic carbocycles. The van der Waals surface area contributed by atoms with Crippen LogP contribution in [0.25, 0.3) is 5.00 Å². The first kappa shape index (κ1) is 28.3. The molecular weight excluding hydrogens is 562 g/mol. The van der Waals surface area contributed by atoms with E-state index in [-0.39, 0.29) is 5.91 Å². The number of hydrogen-bond donors (Lipinski definition) is 1. The minimum atomic E-state index is -0.120. The molecule has 5 aromatic rings. The molecule has 0 atom stereocenters. The SMILES string of the molecule is COc1ccc(COCc2sc3c(c2C)C(c2ccc(NC(C)=O)cc2)=NN(Cc2cccnc2)c2nnc(C)n2-3)cc1. The molecule has 0 fully saturated rings. The lowest BCUT2D eigenvalue weighted by Gasteiger charge is -2.18. The fraction of sp³-hybridized carbons (Fsp3) is 0.219. The Morgan fingerprint density at radius 1 is 0.977 bits per heavy atom. The van der Waals surface area contributed by atoms with Crippen molar-refractivity contribution in [1.82, 2.24) is 19.7 Å². The number of rotatable bonds is 9. The highest BCUT2D eigenvalue weighted by atomic mass is 32.1. The molecule has 0 bridgehead atoms. The van der Waals surface area contributed by atoms with E-state index in [1.807, 2.05) is 78.8 Å². The Balaban J connectivity index is 1.40. The highest BCUT2D eigenvalue weighted by Gasteiger charge is 2.31. The molecule has 1 amide bonds. The minimum absolute atomic E-state index is 0.120. The molecule has 1 N–H and O–H groups in total. The summed E-state index contributed by atoms with van der Waals surface area (Å²) in [6.45, 7) is 6.94. The molecule has 218 valence electrons. The van der Waals surface area contributed by atoms with Gasteiger partial charge in [-0.05, 0) is 60.9 Å². The van der Waals surface area contributed by atoms with E-state index in [9.17, 15) is 4.79 Å². The number of aromatic nitrogens is 4. The van der Waals surface area contributed by atoms with Gasteiger partial charge < -0.3 is 14.8 Å². The van der Waals surface area contributed by atoms with Gasteiger partial charge in [0.25, 0.3) is 5.95 Å². The second kappa shape index (κ2) is 12.2. The first-order valence-corrected chi connectivity index (χ1v) is 14.6. The molecule has 6 rings (SSSR count). The van der Waals surface area contributed by atoms with Crippen molar-refractivity contribution in [3.05, 3.63) is 112 Å². The summed E-state index contributed by atoms with van der Waals surface area (Å²) in [4.78, 5) is 17.0. The third-order valence-electron chi connectivity index (χ3n) is 7.12. The Labute approximate surface area is 253 Å². The summed E-state index contributed by atoms with van der Waals surface area (Å²) in [5, 5.41) is 19.9. The molecule has 43 heavy (non-hydrogen) atoms. The number of aryl methyl sites for hydroxylation is 1. The lowest BCUT2D eigenvalue weighted by molar-refractivity contribution is -0.114. The Kier molecular flexibility index (Phi) is 7.99. The second-order valence-corrected chi connectivity index (χ2v) is 11.3. The summed E-state index contributed by atoms with van der Waals surface area (Å²) in [7, 11) is 1.66. The van der Waals surface area contributed by atoms with E-state index in [4.69, 9.17) is 14.6 Å². The number of hydrogen-bond acceptors (Lipinski definition) is 9. The maximum Gasteiger partial charge on any atom is 0.253 e. The second-order valence-electron chi connectivity index (χ2n) is 10.2. The van der Waals surface area contributed by atoms with E-state index in [2.05, 4.69) is 32.0 Å². The van der Waals surface area contributed by atoms with Gasteiger partial charge >= 0.3 is 0 Å². The van der Waals surface area contributed by atoms with Crippen molar-refractivity contribution in [1.29, 1.82) is 0 Å². The Hall–Kier alpha value is -4.87. The van der Waals surface area contributed by atoms with Gasteiger partial charge in [0.1, 0.15) is 22.3 Å². The molecule has 10 nitrogen and oxygen atoms in total. The predicted octanol–water partition coefficient (Wildman–Crippen LogP) is 5.80. The van der Waals surface area contributed by atoms with Crippen molar-refractivity contribution in [2.75, 3.05) is 17.4 Å². The lowest BCUT2D eigenvalue weighted by Crippen LogP contribution is -2.20. The number of ether oxygens (including phenoxy) is 2. The van der Waals surface area contributed by atoms with Crippen LogP contribution in [0.3, 0.4) is 0 Å². The van der Waals surface area contributed by atoms with E-state index in [0.717, 1.165) is 60.7 Å². The molecule has 11 heteroatoms. The normalized spacial score (nSPS) is 12.3. The fourth-order valence-corrected chi connectivity index (χ4v) is 6.25. The van der Waals surface area contributed by atoms with Crippen LogP contribution in [-0.2, 0) is 29.3 Å². The van der Waals surface area contributed by atoms with Crippen molar-refractivity contribution in [3.8, 4) is 10.8 Å². The van der Waals surface area contributed by atoms with E-state index in [1.165, 1.54) is 6.92 Å². The number of fused-ring (bicyclic) bond motifs is 3. The zero-order valence-corrected chi connectivity index (χ0v) is 25.2. The molecule has 0 radical (unpaired) electrons. The van der Waals surface area contributed by atoms with Crippen molar-refractivity contribution < 1.29 is 14.3 Å². The van der Waals surface area contributed by atoms with Crippen LogP contribution in [0, 0.1) is 13.8 Å². The molecule has 0 saturated heterocycles. The number of pyridine rings is 1. The summed E-state index contributed by atoms with van der Waals surface area (Å²) < 4.78 is 13.5. The highest BCUT2D eigenvalue weighted by molar-refractivity contribution is 7.15. The van der Waals surface area contributed by atoms with Crippen molar-refractivity contribution >= 4 is 34.6 Å². The summed E-state index contributed by atoms with van der Waals surface area (Å²) in [5.41, 5.74) is 6.58. The van der Waals surface area contributed by atoms with Gasteiger partial charge in [0.05, 0.1) is 26.9 Å². The summed E-state index contributed by atoms with van der Waals surface area (Å²) in [5.74, 6) is 2.08. The van der Waals surface area contributed by atoms with Crippen molar-refractivity contribution in [2.45, 2.75) is 40.5 Å². The standard InChI is InChI=1S/C32H31N7O3S/c1-20-28(19-42-18-23-7-13-27(41-4)14-8-23)43-31-29(20)30(25-9-11-26(12-10-25)34-22(3)40)37-38(17-24-6-5-15-33-16-24)32-36-35-21(2)39(31)32/h5-16H,17-19H2,1-4H3,(H,34,40). The average Bonchev–Trinajstić information content (AvgIpc) is 3.51. The molecule has 1 aliphatic heterocycles. The maximum atomic E-state index is 11.6. The van der Waals surface area contributed by atoms with E-state index < -0.39 is 0 Å². The number of carbonyl (C=O) groups excluding carboxylic acids is 1. The Bertz CT molecular complexity index is 1780. The van der Waals surface area contributed by atoms with Crippen LogP contribution in [-0.4, -0.2) is 38.5 Å². The van der Waals surface area contributed by atoms with Crippen LogP contribution < -0.4 is 15.1 Å². The third-order valence-corrected chi connectivity index (χ3v) is 8.37. The van der Waals surface area contributed by atoms with Gasteiger partial charge in [-0.25, -0.2) is 5.01 Å². The monoisotopic (exact) mass is 593 g/mol. The summed E-state index contributed by atoms with van der Waals surface area (Å²) in [6.07, 6.45) is 3.58. The van der Waals surface area contributed by atoms with Crippen LogP contribution >= 0.6 is 11.3 Å². The zero-order valence-electron chi connectivity index (χ0n) is 24.4. The van der Waals surface area contributed by atoms with Crippen LogP contribution in [0.2, 0.25) is 0 Å². The predicted molar refractivity (Wildman–Crippen MR) is 167 cm³/mol. The maximum absolute atomic E-state index is 11.6. The smallest absolute Gasteiger partial charge is 0.253 e. The first-order valence-electron chi connectivity index (χ1n) is 13.8. The van der Waals surface area contributed by atoms with Gasteiger partial charge in [0, 0.05) is 41.0 Å². The van der Waals surface area contributed by atoms with E-state index >= 15 is 0 Å². The lowest BCUT2D eigenvalue weighted by atomic mass is 9.99. The van der Waals surface area contributed by atoms with E-state index in [0.29, 0.717) is 25.7 Å². The molecule has 0 aliphatic carbocycles. The number of thiophene rings is 1. The number of anilines is 2. The van der Waals surface area contributed by atoms with Crippen LogP contribution in [0.4, 0.5) is 11.6 Å². The van der Waals surface area contributed by atoms with Crippen molar-refractivity contribution in [2.24, 2.45) is 5.10 Å². The third kappa shape index (κ3) is 5.90. The number of methoxy groups -OCH3 is 1. The molecule has 0 spiro atoms. The van der Waals surface area contributed by atoms with Crippen molar-refractivity contribution in [3.63, 3.8) is 0 Å². The van der Waals surface area contributed by atoms with Gasteiger partial charge in [0.2, 0.25) is 5.91 Å². The number of nitrogens with one attached hydrogen (secondary N) is 1. The molecule has 0 saturated carbocycles.